The van der Waals surface area contributed by atoms with Gasteiger partial charge in [-0.2, -0.15) is 0 Å². The average Bonchev–Trinajstić information content (AvgIpc) is 2.74. The topological polar surface area (TPSA) is 49.3 Å². The van der Waals surface area contributed by atoms with Gasteiger partial charge in [0.1, 0.15) is 0 Å². The molecule has 2 amide bonds. The Balaban J connectivity index is 1.61. The lowest BCUT2D eigenvalue weighted by Gasteiger charge is -2.50. The summed E-state index contributed by atoms with van der Waals surface area (Å²) < 4.78 is 0. The lowest BCUT2D eigenvalue weighted by molar-refractivity contribution is 0.114. The highest BCUT2D eigenvalue weighted by molar-refractivity contribution is 5.77. The monoisotopic (exact) mass is 408 g/mol. The van der Waals surface area contributed by atoms with Crippen molar-refractivity contribution in [3.05, 3.63) is 35.2 Å². The van der Waals surface area contributed by atoms with Crippen molar-refractivity contribution in [2.75, 3.05) is 26.7 Å². The van der Waals surface area contributed by atoms with E-state index in [1.807, 2.05) is 30.0 Å². The SMILES string of the molecule is Cc1cnc2cc3c(cc2n1)[C@](C)(CCN(C)C(=O)N1CCCCC1)C(C)(C)CC3. The van der Waals surface area contributed by atoms with Gasteiger partial charge >= 0.3 is 6.03 Å². The van der Waals surface area contributed by atoms with Crippen LogP contribution in [0.1, 0.15) is 69.7 Å². The van der Waals surface area contributed by atoms with E-state index in [9.17, 15) is 4.79 Å². The molecule has 0 N–H and O–H groups in total. The number of aryl methyl sites for hydroxylation is 2. The van der Waals surface area contributed by atoms with Gasteiger partial charge in [-0.25, -0.2) is 9.78 Å². The van der Waals surface area contributed by atoms with Crippen LogP contribution in [0.4, 0.5) is 4.79 Å². The zero-order valence-corrected chi connectivity index (χ0v) is 19.3. The van der Waals surface area contributed by atoms with E-state index in [0.29, 0.717) is 0 Å². The summed E-state index contributed by atoms with van der Waals surface area (Å²) in [6.45, 7) is 11.7. The predicted octanol–water partition coefficient (Wildman–Crippen LogP) is 5.10. The van der Waals surface area contributed by atoms with E-state index in [-0.39, 0.29) is 16.9 Å². The van der Waals surface area contributed by atoms with Crippen LogP contribution in [0.2, 0.25) is 0 Å². The molecule has 2 aliphatic rings. The quantitative estimate of drug-likeness (QED) is 0.710. The molecule has 0 radical (unpaired) electrons. The van der Waals surface area contributed by atoms with Crippen molar-refractivity contribution in [1.82, 2.24) is 19.8 Å². The number of fused-ring (bicyclic) bond motifs is 2. The van der Waals surface area contributed by atoms with Crippen molar-refractivity contribution in [2.24, 2.45) is 5.41 Å². The summed E-state index contributed by atoms with van der Waals surface area (Å²) in [5.41, 5.74) is 5.84. The molecule has 1 aromatic carbocycles. The number of hydrogen-bond donors (Lipinski definition) is 0. The lowest BCUT2D eigenvalue weighted by Crippen LogP contribution is -2.48. The minimum atomic E-state index is -0.0172. The maximum Gasteiger partial charge on any atom is 0.319 e. The summed E-state index contributed by atoms with van der Waals surface area (Å²) in [5, 5.41) is 0. The van der Waals surface area contributed by atoms with Crippen molar-refractivity contribution < 1.29 is 4.79 Å². The van der Waals surface area contributed by atoms with E-state index in [2.05, 4.69) is 37.9 Å². The number of hydrogen-bond acceptors (Lipinski definition) is 3. The second-order valence-corrected chi connectivity index (χ2v) is 10.2. The molecule has 1 aliphatic carbocycles. The number of carbonyl (C=O) groups excluding carboxylic acids is 1. The first-order valence-corrected chi connectivity index (χ1v) is 11.5. The Kier molecular flexibility index (Phi) is 5.50. The van der Waals surface area contributed by atoms with Gasteiger partial charge in [0.05, 0.1) is 16.7 Å². The fourth-order valence-corrected chi connectivity index (χ4v) is 5.29. The second-order valence-electron chi connectivity index (χ2n) is 10.2. The number of likely N-dealkylation sites (tertiary alicyclic amines) is 1. The molecule has 0 unspecified atom stereocenters. The van der Waals surface area contributed by atoms with Crippen LogP contribution in [0.5, 0.6) is 0 Å². The Labute approximate surface area is 180 Å². The molecule has 1 aromatic heterocycles. The normalized spacial score (nSPS) is 23.3. The number of nitrogens with zero attached hydrogens (tertiary/aromatic N) is 4. The molecule has 162 valence electrons. The summed E-state index contributed by atoms with van der Waals surface area (Å²) in [6.07, 6.45) is 8.52. The Morgan fingerprint density at radius 1 is 1.13 bits per heavy atom. The number of aromatic nitrogens is 2. The molecule has 2 aromatic rings. The van der Waals surface area contributed by atoms with Gasteiger partial charge < -0.3 is 9.80 Å². The first kappa shape index (κ1) is 21.1. The standard InChI is InChI=1S/C25H36N4O/c1-18-17-26-21-15-19-9-10-24(2,3)25(4,20(19)16-22(21)27-18)11-14-28(5)23(30)29-12-7-6-8-13-29/h15-17H,6-14H2,1-5H3/t25-/m0/s1. The second kappa shape index (κ2) is 7.82. The Hall–Kier alpha value is -2.17. The highest BCUT2D eigenvalue weighted by atomic mass is 16.2. The number of carbonyl (C=O) groups is 1. The van der Waals surface area contributed by atoms with E-state index in [0.717, 1.165) is 68.5 Å². The molecule has 1 saturated heterocycles. The fraction of sp³-hybridized carbons (Fsp3) is 0.640. The number of urea groups is 1. The fourth-order valence-electron chi connectivity index (χ4n) is 5.29. The summed E-state index contributed by atoms with van der Waals surface area (Å²) in [6, 6.07) is 4.71. The van der Waals surface area contributed by atoms with Gasteiger partial charge in [0.25, 0.3) is 0 Å². The summed E-state index contributed by atoms with van der Waals surface area (Å²) in [5.74, 6) is 0. The largest absolute Gasteiger partial charge is 0.328 e. The highest BCUT2D eigenvalue weighted by Gasteiger charge is 2.46. The summed E-state index contributed by atoms with van der Waals surface area (Å²) >= 11 is 0. The molecule has 1 aliphatic heterocycles. The molecule has 0 saturated carbocycles. The molecular formula is C25H36N4O. The van der Waals surface area contributed by atoms with Crippen molar-refractivity contribution in [2.45, 2.75) is 71.6 Å². The van der Waals surface area contributed by atoms with Crippen LogP contribution < -0.4 is 0 Å². The third-order valence-electron chi connectivity index (χ3n) is 7.90. The Bertz CT molecular complexity index is 948. The predicted molar refractivity (Wildman–Crippen MR) is 122 cm³/mol. The van der Waals surface area contributed by atoms with E-state index >= 15 is 0 Å². The smallest absolute Gasteiger partial charge is 0.319 e. The van der Waals surface area contributed by atoms with Crippen LogP contribution >= 0.6 is 0 Å². The molecule has 1 atom stereocenters. The Morgan fingerprint density at radius 2 is 1.87 bits per heavy atom. The molecule has 0 bridgehead atoms. The number of rotatable bonds is 3. The Morgan fingerprint density at radius 3 is 2.60 bits per heavy atom. The van der Waals surface area contributed by atoms with E-state index in [1.165, 1.54) is 17.5 Å². The lowest BCUT2D eigenvalue weighted by atomic mass is 9.55. The molecule has 4 rings (SSSR count). The third-order valence-corrected chi connectivity index (χ3v) is 7.90. The van der Waals surface area contributed by atoms with Gasteiger partial charge in [0.15, 0.2) is 0 Å². The van der Waals surface area contributed by atoms with Crippen molar-refractivity contribution in [3.63, 3.8) is 0 Å². The maximum absolute atomic E-state index is 12.9. The first-order chi connectivity index (χ1) is 14.2. The van der Waals surface area contributed by atoms with E-state index in [4.69, 9.17) is 4.98 Å². The minimum absolute atomic E-state index is 0.0172. The summed E-state index contributed by atoms with van der Waals surface area (Å²) in [4.78, 5) is 26.2. The number of piperidine rings is 1. The van der Waals surface area contributed by atoms with E-state index < -0.39 is 0 Å². The average molecular weight is 409 g/mol. The van der Waals surface area contributed by atoms with Crippen LogP contribution in [-0.4, -0.2) is 52.5 Å². The highest BCUT2D eigenvalue weighted by Crippen LogP contribution is 2.52. The first-order valence-electron chi connectivity index (χ1n) is 11.5. The van der Waals surface area contributed by atoms with E-state index in [1.54, 1.807) is 0 Å². The van der Waals surface area contributed by atoms with Crippen LogP contribution in [0, 0.1) is 12.3 Å². The third kappa shape index (κ3) is 3.67. The molecule has 2 heterocycles. The van der Waals surface area contributed by atoms with Gasteiger partial charge in [-0.05, 0) is 79.5 Å². The van der Waals surface area contributed by atoms with Crippen LogP contribution in [-0.2, 0) is 11.8 Å². The van der Waals surface area contributed by atoms with Crippen LogP contribution in [0.15, 0.2) is 18.3 Å². The zero-order chi connectivity index (χ0) is 21.5. The molecule has 5 nitrogen and oxygen atoms in total. The van der Waals surface area contributed by atoms with Gasteiger partial charge in [-0.3, -0.25) is 4.98 Å². The van der Waals surface area contributed by atoms with Gasteiger partial charge in [-0.1, -0.05) is 20.8 Å². The van der Waals surface area contributed by atoms with Crippen LogP contribution in [0.3, 0.4) is 0 Å². The van der Waals surface area contributed by atoms with Crippen molar-refractivity contribution >= 4 is 17.1 Å². The van der Waals surface area contributed by atoms with Gasteiger partial charge in [-0.15, -0.1) is 0 Å². The molecular weight excluding hydrogens is 372 g/mol. The molecule has 5 heteroatoms. The molecule has 30 heavy (non-hydrogen) atoms. The minimum Gasteiger partial charge on any atom is -0.328 e. The van der Waals surface area contributed by atoms with Gasteiger partial charge in [0, 0.05) is 32.9 Å². The van der Waals surface area contributed by atoms with Crippen molar-refractivity contribution in [1.29, 1.82) is 0 Å². The maximum atomic E-state index is 12.9. The van der Waals surface area contributed by atoms with Crippen molar-refractivity contribution in [3.8, 4) is 0 Å². The zero-order valence-electron chi connectivity index (χ0n) is 19.3. The summed E-state index contributed by atoms with van der Waals surface area (Å²) in [7, 11) is 1.96. The molecule has 0 spiro atoms. The number of benzene rings is 1. The molecule has 1 fully saturated rings. The van der Waals surface area contributed by atoms with Gasteiger partial charge in [0.2, 0.25) is 0 Å². The number of amides is 2. The van der Waals surface area contributed by atoms with Crippen LogP contribution in [0.25, 0.3) is 11.0 Å².